The molecule has 1 fully saturated rings. The molecule has 0 bridgehead atoms. The number of likely N-dealkylation sites (N-methyl/N-ethyl adjacent to an activating group) is 1. The maximum absolute atomic E-state index is 13.7. The lowest BCUT2D eigenvalue weighted by atomic mass is 9.98. The zero-order valence-corrected chi connectivity index (χ0v) is 18.9. The van der Waals surface area contributed by atoms with Gasteiger partial charge in [0.1, 0.15) is 11.9 Å². The van der Waals surface area contributed by atoms with Gasteiger partial charge >= 0.3 is 0 Å². The third kappa shape index (κ3) is 3.62. The van der Waals surface area contributed by atoms with Crippen LogP contribution in [0.4, 0.5) is 0 Å². The summed E-state index contributed by atoms with van der Waals surface area (Å²) >= 11 is 0. The molecule has 0 saturated carbocycles. The van der Waals surface area contributed by atoms with E-state index in [2.05, 4.69) is 82.5 Å². The molecule has 2 unspecified atom stereocenters. The van der Waals surface area contributed by atoms with E-state index in [9.17, 15) is 4.79 Å². The number of aromatic amines is 1. The first-order valence-electron chi connectivity index (χ1n) is 11.8. The normalized spacial score (nSPS) is 20.8. The van der Waals surface area contributed by atoms with Crippen LogP contribution in [0.1, 0.15) is 35.3 Å². The topological polar surface area (TPSA) is 52.2 Å². The molecule has 1 aromatic heterocycles. The second kappa shape index (κ2) is 8.16. The summed E-state index contributed by atoms with van der Waals surface area (Å²) in [7, 11) is 2.12. The Hall–Kier alpha value is -3.44. The van der Waals surface area contributed by atoms with Crippen LogP contribution < -0.4 is 0 Å². The lowest BCUT2D eigenvalue weighted by Crippen LogP contribution is -2.50. The summed E-state index contributed by atoms with van der Waals surface area (Å²) < 4.78 is 0. The van der Waals surface area contributed by atoms with Gasteiger partial charge in [-0.2, -0.15) is 0 Å². The summed E-state index contributed by atoms with van der Waals surface area (Å²) in [6.45, 7) is 2.39. The van der Waals surface area contributed by atoms with Crippen molar-refractivity contribution in [1.82, 2.24) is 19.8 Å². The number of piperazine rings is 1. The third-order valence-corrected chi connectivity index (χ3v) is 7.27. The molecule has 3 aromatic carbocycles. The molecule has 1 N–H and O–H groups in total. The minimum Gasteiger partial charge on any atom is -0.340 e. The monoisotopic (exact) mass is 436 g/mol. The number of imidazole rings is 1. The molecular weight excluding hydrogens is 408 g/mol. The van der Waals surface area contributed by atoms with Crippen LogP contribution >= 0.6 is 0 Å². The van der Waals surface area contributed by atoms with Crippen LogP contribution in [0.5, 0.6) is 0 Å². The minimum atomic E-state index is -0.0711. The van der Waals surface area contributed by atoms with Crippen molar-refractivity contribution < 1.29 is 4.79 Å². The van der Waals surface area contributed by atoms with E-state index in [1.807, 2.05) is 12.3 Å². The molecule has 6 rings (SSSR count). The fraction of sp³-hybridized carbons (Fsp3) is 0.286. The molecule has 1 aliphatic carbocycles. The molecule has 2 aliphatic rings. The molecule has 1 amide bonds. The molecule has 0 radical (unpaired) electrons. The predicted molar refractivity (Wildman–Crippen MR) is 131 cm³/mol. The minimum absolute atomic E-state index is 0.0398. The average Bonchev–Trinajstić information content (AvgIpc) is 3.51. The summed E-state index contributed by atoms with van der Waals surface area (Å²) in [4.78, 5) is 26.4. The molecule has 0 spiro atoms. The quantitative estimate of drug-likeness (QED) is 0.503. The highest BCUT2D eigenvalue weighted by molar-refractivity contribution is 5.87. The number of nitrogens with one attached hydrogen (secondary N) is 1. The number of amides is 1. The first-order chi connectivity index (χ1) is 16.2. The van der Waals surface area contributed by atoms with Crippen LogP contribution in [0.25, 0.3) is 22.0 Å². The standard InChI is InChI=1S/C28H28N4O/c1-31-14-15-32(28(33)24-13-12-20-7-4-5-9-23(20)24)26(18-31)27-29-17-25(30-27)22-11-10-19-6-2-3-8-21(19)16-22/h2-11,16-17,24,26H,12-15,18H2,1H3,(H,29,30). The van der Waals surface area contributed by atoms with Crippen LogP contribution in [-0.4, -0.2) is 52.4 Å². The molecule has 1 saturated heterocycles. The maximum atomic E-state index is 13.7. The number of hydrogen-bond acceptors (Lipinski definition) is 3. The van der Waals surface area contributed by atoms with Crippen LogP contribution in [0, 0.1) is 0 Å². The summed E-state index contributed by atoms with van der Waals surface area (Å²) in [6.07, 6.45) is 3.79. The van der Waals surface area contributed by atoms with Crippen LogP contribution in [0.2, 0.25) is 0 Å². The second-order valence-electron chi connectivity index (χ2n) is 9.34. The molecule has 33 heavy (non-hydrogen) atoms. The van der Waals surface area contributed by atoms with Gasteiger partial charge in [-0.15, -0.1) is 0 Å². The van der Waals surface area contributed by atoms with E-state index < -0.39 is 0 Å². The van der Waals surface area contributed by atoms with Gasteiger partial charge in [0.15, 0.2) is 0 Å². The SMILES string of the molecule is CN1CCN(C(=O)C2CCc3ccccc32)C(c2ncc(-c3ccc4ccccc4c3)[nH]2)C1. The Morgan fingerprint density at radius 2 is 1.82 bits per heavy atom. The Bertz CT molecular complexity index is 1330. The highest BCUT2D eigenvalue weighted by Gasteiger charge is 2.38. The van der Waals surface area contributed by atoms with Crippen molar-refractivity contribution in [3.05, 3.63) is 89.9 Å². The van der Waals surface area contributed by atoms with Crippen LogP contribution in [0.3, 0.4) is 0 Å². The average molecular weight is 437 g/mol. The number of aromatic nitrogens is 2. The molecule has 5 nitrogen and oxygen atoms in total. The highest BCUT2D eigenvalue weighted by atomic mass is 16.2. The number of rotatable bonds is 3. The van der Waals surface area contributed by atoms with Crippen molar-refractivity contribution in [2.24, 2.45) is 0 Å². The van der Waals surface area contributed by atoms with E-state index in [0.717, 1.165) is 49.6 Å². The van der Waals surface area contributed by atoms with Gasteiger partial charge in [0, 0.05) is 25.2 Å². The summed E-state index contributed by atoms with van der Waals surface area (Å²) in [5.41, 5.74) is 4.62. The largest absolute Gasteiger partial charge is 0.340 e. The number of nitrogens with zero attached hydrogens (tertiary/aromatic N) is 3. The predicted octanol–water partition coefficient (Wildman–Crippen LogP) is 4.78. The lowest BCUT2D eigenvalue weighted by Gasteiger charge is -2.40. The van der Waals surface area contributed by atoms with Crippen LogP contribution in [0.15, 0.2) is 72.9 Å². The number of carbonyl (C=O) groups excluding carboxylic acids is 1. The molecule has 4 aromatic rings. The van der Waals surface area contributed by atoms with Gasteiger partial charge < -0.3 is 14.8 Å². The Morgan fingerprint density at radius 3 is 2.73 bits per heavy atom. The van der Waals surface area contributed by atoms with Gasteiger partial charge in [0.25, 0.3) is 0 Å². The summed E-state index contributed by atoms with van der Waals surface area (Å²) in [6, 6.07) is 23.2. The number of carbonyl (C=O) groups is 1. The Kier molecular flexibility index (Phi) is 4.99. The molecule has 2 atom stereocenters. The molecule has 2 heterocycles. The van der Waals surface area contributed by atoms with Gasteiger partial charge in [-0.3, -0.25) is 4.79 Å². The van der Waals surface area contributed by atoms with Crippen molar-refractivity contribution >= 4 is 16.7 Å². The van der Waals surface area contributed by atoms with Gasteiger partial charge in [-0.25, -0.2) is 4.98 Å². The lowest BCUT2D eigenvalue weighted by molar-refractivity contribution is -0.138. The number of aryl methyl sites for hydroxylation is 1. The fourth-order valence-corrected chi connectivity index (χ4v) is 5.44. The van der Waals surface area contributed by atoms with E-state index in [1.165, 1.54) is 21.9 Å². The van der Waals surface area contributed by atoms with Gasteiger partial charge in [0.2, 0.25) is 5.91 Å². The Balaban J connectivity index is 1.30. The zero-order valence-electron chi connectivity index (χ0n) is 18.9. The van der Waals surface area contributed by atoms with E-state index >= 15 is 0 Å². The number of benzene rings is 3. The maximum Gasteiger partial charge on any atom is 0.230 e. The van der Waals surface area contributed by atoms with Crippen molar-refractivity contribution in [3.63, 3.8) is 0 Å². The number of hydrogen-bond donors (Lipinski definition) is 1. The molecule has 1 aliphatic heterocycles. The van der Waals surface area contributed by atoms with E-state index in [0.29, 0.717) is 0 Å². The van der Waals surface area contributed by atoms with E-state index in [4.69, 9.17) is 4.98 Å². The Labute approximate surface area is 194 Å². The van der Waals surface area contributed by atoms with E-state index in [1.54, 1.807) is 0 Å². The van der Waals surface area contributed by atoms with Gasteiger partial charge in [-0.05, 0) is 47.9 Å². The summed E-state index contributed by atoms with van der Waals surface area (Å²) in [5, 5.41) is 2.43. The summed E-state index contributed by atoms with van der Waals surface area (Å²) in [5.74, 6) is 1.06. The van der Waals surface area contributed by atoms with Crippen LogP contribution in [-0.2, 0) is 11.2 Å². The highest BCUT2D eigenvalue weighted by Crippen LogP contribution is 2.37. The zero-order chi connectivity index (χ0) is 22.4. The fourth-order valence-electron chi connectivity index (χ4n) is 5.44. The van der Waals surface area contributed by atoms with Gasteiger partial charge in [0.05, 0.1) is 17.8 Å². The second-order valence-corrected chi connectivity index (χ2v) is 9.34. The number of fused-ring (bicyclic) bond motifs is 2. The smallest absolute Gasteiger partial charge is 0.230 e. The molecular formula is C28H28N4O. The third-order valence-electron chi connectivity index (χ3n) is 7.27. The van der Waals surface area contributed by atoms with E-state index in [-0.39, 0.29) is 17.9 Å². The first kappa shape index (κ1) is 20.2. The van der Waals surface area contributed by atoms with Crippen molar-refractivity contribution in [3.8, 4) is 11.3 Å². The van der Waals surface area contributed by atoms with Crippen molar-refractivity contribution in [2.45, 2.75) is 24.8 Å². The Morgan fingerprint density at radius 1 is 1.00 bits per heavy atom. The van der Waals surface area contributed by atoms with Crippen molar-refractivity contribution in [2.75, 3.05) is 26.7 Å². The molecule has 166 valence electrons. The molecule has 5 heteroatoms. The van der Waals surface area contributed by atoms with Crippen molar-refractivity contribution in [1.29, 1.82) is 0 Å². The number of H-pyrrole nitrogens is 1. The first-order valence-corrected chi connectivity index (χ1v) is 11.8. The van der Waals surface area contributed by atoms with Gasteiger partial charge in [-0.1, -0.05) is 60.7 Å².